The number of ether oxygens (including phenoxy) is 2. The summed E-state index contributed by atoms with van der Waals surface area (Å²) in [4.78, 5) is 16.1. The van der Waals surface area contributed by atoms with Gasteiger partial charge in [0.2, 0.25) is 5.88 Å². The number of aliphatic hydroxyl groups is 1. The van der Waals surface area contributed by atoms with Gasteiger partial charge in [-0.15, -0.1) is 0 Å². The van der Waals surface area contributed by atoms with Gasteiger partial charge in [0.1, 0.15) is 6.10 Å². The zero-order chi connectivity index (χ0) is 14.4. The van der Waals surface area contributed by atoms with Gasteiger partial charge in [0.25, 0.3) is 5.91 Å². The van der Waals surface area contributed by atoms with Gasteiger partial charge in [0.05, 0.1) is 25.9 Å². The molecule has 1 aliphatic heterocycles. The van der Waals surface area contributed by atoms with E-state index in [1.165, 1.54) is 0 Å². The van der Waals surface area contributed by atoms with Crippen molar-refractivity contribution >= 4 is 5.91 Å². The van der Waals surface area contributed by atoms with Gasteiger partial charge < -0.3 is 19.9 Å². The van der Waals surface area contributed by atoms with E-state index in [-0.39, 0.29) is 24.7 Å². The van der Waals surface area contributed by atoms with Crippen LogP contribution in [0.3, 0.4) is 0 Å². The van der Waals surface area contributed by atoms with Crippen LogP contribution in [0, 0.1) is 0 Å². The largest absolute Gasteiger partial charge is 0.472 e. The van der Waals surface area contributed by atoms with E-state index in [1.54, 1.807) is 18.3 Å². The first-order chi connectivity index (χ1) is 9.72. The highest BCUT2D eigenvalue weighted by Crippen LogP contribution is 2.15. The van der Waals surface area contributed by atoms with Crippen LogP contribution in [0.5, 0.6) is 5.88 Å². The fraction of sp³-hybridized carbons (Fsp3) is 0.571. The lowest BCUT2D eigenvalue weighted by molar-refractivity contribution is 0.0913. The third kappa shape index (κ3) is 3.91. The summed E-state index contributed by atoms with van der Waals surface area (Å²) in [6, 6.07) is 3.00. The van der Waals surface area contributed by atoms with Crippen molar-refractivity contribution in [3.63, 3.8) is 0 Å². The van der Waals surface area contributed by atoms with Gasteiger partial charge in [-0.1, -0.05) is 6.92 Å². The van der Waals surface area contributed by atoms with Crippen molar-refractivity contribution in [1.29, 1.82) is 0 Å². The Bertz CT molecular complexity index is 443. The molecular formula is C14H20N2O4. The molecular weight excluding hydrogens is 260 g/mol. The maximum atomic E-state index is 12.0. The second-order valence-electron chi connectivity index (χ2n) is 4.75. The number of carbonyl (C=O) groups is 1. The SMILES string of the molecule is CCC(CO)NC(=O)c1ccnc(OC2CCOC2)c1. The third-order valence-electron chi connectivity index (χ3n) is 3.22. The van der Waals surface area contributed by atoms with Gasteiger partial charge in [0.15, 0.2) is 0 Å². The Balaban J connectivity index is 1.99. The summed E-state index contributed by atoms with van der Waals surface area (Å²) < 4.78 is 10.9. The molecule has 1 aromatic heterocycles. The molecule has 1 aliphatic rings. The molecule has 0 bridgehead atoms. The van der Waals surface area contributed by atoms with Crippen molar-refractivity contribution in [3.05, 3.63) is 23.9 Å². The summed E-state index contributed by atoms with van der Waals surface area (Å²) in [7, 11) is 0. The Kier molecular flexibility index (Phi) is 5.31. The highest BCUT2D eigenvalue weighted by atomic mass is 16.5. The minimum absolute atomic E-state index is 0.00152. The molecule has 20 heavy (non-hydrogen) atoms. The van der Waals surface area contributed by atoms with Crippen molar-refractivity contribution in [2.75, 3.05) is 19.8 Å². The molecule has 2 heterocycles. The van der Waals surface area contributed by atoms with Gasteiger partial charge in [-0.25, -0.2) is 4.98 Å². The number of nitrogens with zero attached hydrogens (tertiary/aromatic N) is 1. The maximum absolute atomic E-state index is 12.0. The Labute approximate surface area is 118 Å². The van der Waals surface area contributed by atoms with Crippen LogP contribution in [-0.2, 0) is 4.74 Å². The fourth-order valence-electron chi connectivity index (χ4n) is 1.94. The number of pyridine rings is 1. The summed E-state index contributed by atoms with van der Waals surface area (Å²) in [6.07, 6.45) is 3.05. The van der Waals surface area contributed by atoms with Crippen LogP contribution in [-0.4, -0.2) is 48.0 Å². The summed E-state index contributed by atoms with van der Waals surface area (Å²) in [6.45, 7) is 3.08. The molecule has 0 aliphatic carbocycles. The van der Waals surface area contributed by atoms with Crippen LogP contribution in [0.15, 0.2) is 18.3 Å². The number of aliphatic hydroxyl groups excluding tert-OH is 1. The molecule has 2 rings (SSSR count). The maximum Gasteiger partial charge on any atom is 0.251 e. The second kappa shape index (κ2) is 7.21. The van der Waals surface area contributed by atoms with Crippen molar-refractivity contribution < 1.29 is 19.4 Å². The summed E-state index contributed by atoms with van der Waals surface area (Å²) in [5.74, 6) is 0.186. The number of amides is 1. The fourth-order valence-corrected chi connectivity index (χ4v) is 1.94. The smallest absolute Gasteiger partial charge is 0.251 e. The number of hydrogen-bond acceptors (Lipinski definition) is 5. The molecule has 0 aromatic carbocycles. The van der Waals surface area contributed by atoms with Crippen LogP contribution in [0.1, 0.15) is 30.1 Å². The average Bonchev–Trinajstić information content (AvgIpc) is 2.97. The molecule has 1 aromatic rings. The quantitative estimate of drug-likeness (QED) is 0.803. The monoisotopic (exact) mass is 280 g/mol. The lowest BCUT2D eigenvalue weighted by atomic mass is 10.2. The van der Waals surface area contributed by atoms with Gasteiger partial charge in [0, 0.05) is 24.2 Å². The standard InChI is InChI=1S/C14H20N2O4/c1-2-11(8-17)16-14(18)10-3-5-15-13(7-10)20-12-4-6-19-9-12/h3,5,7,11-12,17H,2,4,6,8-9H2,1H3,(H,16,18). The minimum atomic E-state index is -0.235. The first kappa shape index (κ1) is 14.7. The number of hydrogen-bond donors (Lipinski definition) is 2. The molecule has 0 spiro atoms. The predicted octanol–water partition coefficient (Wildman–Crippen LogP) is 0.750. The molecule has 2 atom stereocenters. The first-order valence-corrected chi connectivity index (χ1v) is 6.85. The number of nitrogens with one attached hydrogen (secondary N) is 1. The summed E-state index contributed by atoms with van der Waals surface area (Å²) in [5, 5.41) is 11.9. The van der Waals surface area contributed by atoms with E-state index in [9.17, 15) is 4.79 Å². The molecule has 1 fully saturated rings. The van der Waals surface area contributed by atoms with Crippen molar-refractivity contribution in [1.82, 2.24) is 10.3 Å². The third-order valence-corrected chi connectivity index (χ3v) is 3.22. The summed E-state index contributed by atoms with van der Waals surface area (Å²) >= 11 is 0. The topological polar surface area (TPSA) is 80.7 Å². The van der Waals surface area contributed by atoms with Crippen molar-refractivity contribution in [2.45, 2.75) is 31.9 Å². The lowest BCUT2D eigenvalue weighted by Crippen LogP contribution is -2.36. The normalized spacial score (nSPS) is 19.6. The van der Waals surface area contributed by atoms with Crippen LogP contribution in [0.2, 0.25) is 0 Å². The van der Waals surface area contributed by atoms with E-state index in [0.29, 0.717) is 31.1 Å². The summed E-state index contributed by atoms with van der Waals surface area (Å²) in [5.41, 5.74) is 0.473. The zero-order valence-corrected chi connectivity index (χ0v) is 11.5. The number of aromatic nitrogens is 1. The van der Waals surface area contributed by atoms with E-state index < -0.39 is 0 Å². The molecule has 2 N–H and O–H groups in total. The molecule has 110 valence electrons. The van der Waals surface area contributed by atoms with Crippen LogP contribution in [0.4, 0.5) is 0 Å². The van der Waals surface area contributed by atoms with Gasteiger partial charge in [-0.2, -0.15) is 0 Å². The predicted molar refractivity (Wildman–Crippen MR) is 72.7 cm³/mol. The molecule has 6 nitrogen and oxygen atoms in total. The zero-order valence-electron chi connectivity index (χ0n) is 11.5. The Morgan fingerprint density at radius 1 is 1.70 bits per heavy atom. The van der Waals surface area contributed by atoms with Crippen LogP contribution < -0.4 is 10.1 Å². The first-order valence-electron chi connectivity index (χ1n) is 6.85. The van der Waals surface area contributed by atoms with Gasteiger partial charge in [-0.05, 0) is 12.5 Å². The average molecular weight is 280 g/mol. The molecule has 0 saturated carbocycles. The van der Waals surface area contributed by atoms with E-state index in [2.05, 4.69) is 10.3 Å². The van der Waals surface area contributed by atoms with Crippen LogP contribution in [0.25, 0.3) is 0 Å². The van der Waals surface area contributed by atoms with Crippen LogP contribution >= 0.6 is 0 Å². The Hall–Kier alpha value is -1.66. The lowest BCUT2D eigenvalue weighted by Gasteiger charge is -2.15. The minimum Gasteiger partial charge on any atom is -0.472 e. The van der Waals surface area contributed by atoms with Gasteiger partial charge >= 0.3 is 0 Å². The Morgan fingerprint density at radius 3 is 3.20 bits per heavy atom. The van der Waals surface area contributed by atoms with Gasteiger partial charge in [-0.3, -0.25) is 4.79 Å². The van der Waals surface area contributed by atoms with E-state index in [4.69, 9.17) is 14.6 Å². The molecule has 1 saturated heterocycles. The Morgan fingerprint density at radius 2 is 2.55 bits per heavy atom. The van der Waals surface area contributed by atoms with E-state index in [1.807, 2.05) is 6.92 Å². The highest BCUT2D eigenvalue weighted by Gasteiger charge is 2.18. The van der Waals surface area contributed by atoms with Crippen molar-refractivity contribution in [3.8, 4) is 5.88 Å². The molecule has 6 heteroatoms. The number of rotatable bonds is 6. The second-order valence-corrected chi connectivity index (χ2v) is 4.75. The number of carbonyl (C=O) groups excluding carboxylic acids is 1. The molecule has 0 radical (unpaired) electrons. The van der Waals surface area contributed by atoms with E-state index in [0.717, 1.165) is 6.42 Å². The molecule has 2 unspecified atom stereocenters. The highest BCUT2D eigenvalue weighted by molar-refractivity contribution is 5.94. The van der Waals surface area contributed by atoms with E-state index >= 15 is 0 Å². The molecule has 1 amide bonds. The van der Waals surface area contributed by atoms with Crippen molar-refractivity contribution in [2.24, 2.45) is 0 Å².